The minimum atomic E-state index is -0.403. The number of methoxy groups -OCH3 is 3. The van der Waals surface area contributed by atoms with Crippen LogP contribution in [0.4, 0.5) is 0 Å². The highest BCUT2D eigenvalue weighted by Gasteiger charge is 2.04. The van der Waals surface area contributed by atoms with Gasteiger partial charge < -0.3 is 18.9 Å². The van der Waals surface area contributed by atoms with Crippen molar-refractivity contribution >= 4 is 12.0 Å². The van der Waals surface area contributed by atoms with Gasteiger partial charge in [-0.2, -0.15) is 0 Å². The van der Waals surface area contributed by atoms with Crippen molar-refractivity contribution in [1.82, 2.24) is 0 Å². The Labute approximate surface area is 112 Å². The highest BCUT2D eigenvalue weighted by atomic mass is 16.5. The fourth-order valence-corrected chi connectivity index (χ4v) is 1.37. The first-order valence-corrected chi connectivity index (χ1v) is 5.77. The predicted octanol–water partition coefficient (Wildman–Crippen LogP) is 1.91. The maximum Gasteiger partial charge on any atom is 0.330 e. The minimum Gasteiger partial charge on any atom is -0.493 e. The molecule has 0 aromatic heterocycles. The molecule has 104 valence electrons. The highest BCUT2D eigenvalue weighted by molar-refractivity contribution is 5.87. The number of carbonyl (C=O) groups excluding carboxylic acids is 1. The van der Waals surface area contributed by atoms with Crippen molar-refractivity contribution in [3.8, 4) is 11.5 Å². The SMILES string of the molecule is COCCOc1ccc(C=CC(=O)OC)cc1OC. The van der Waals surface area contributed by atoms with Crippen LogP contribution in [0.15, 0.2) is 24.3 Å². The smallest absolute Gasteiger partial charge is 0.330 e. The third kappa shape index (κ3) is 5.01. The second-order valence-electron chi connectivity index (χ2n) is 3.61. The van der Waals surface area contributed by atoms with E-state index in [0.29, 0.717) is 24.7 Å². The van der Waals surface area contributed by atoms with Crippen molar-refractivity contribution in [2.75, 3.05) is 34.5 Å². The van der Waals surface area contributed by atoms with Gasteiger partial charge in [-0.1, -0.05) is 6.07 Å². The molecule has 19 heavy (non-hydrogen) atoms. The molecule has 5 nitrogen and oxygen atoms in total. The molecule has 0 saturated heterocycles. The van der Waals surface area contributed by atoms with Crippen LogP contribution < -0.4 is 9.47 Å². The summed E-state index contributed by atoms with van der Waals surface area (Å²) < 4.78 is 20.2. The Morgan fingerprint density at radius 1 is 1.16 bits per heavy atom. The molecular weight excluding hydrogens is 248 g/mol. The summed E-state index contributed by atoms with van der Waals surface area (Å²) in [7, 11) is 4.51. The molecule has 0 unspecified atom stereocenters. The summed E-state index contributed by atoms with van der Waals surface area (Å²) in [6.07, 6.45) is 2.99. The number of carbonyl (C=O) groups is 1. The van der Waals surface area contributed by atoms with Crippen molar-refractivity contribution in [2.45, 2.75) is 0 Å². The molecule has 0 N–H and O–H groups in total. The molecule has 0 aliphatic heterocycles. The molecule has 0 aliphatic carbocycles. The van der Waals surface area contributed by atoms with Gasteiger partial charge in [-0.15, -0.1) is 0 Å². The van der Waals surface area contributed by atoms with Gasteiger partial charge in [-0.05, 0) is 23.8 Å². The van der Waals surface area contributed by atoms with Crippen molar-refractivity contribution in [2.24, 2.45) is 0 Å². The van der Waals surface area contributed by atoms with E-state index in [9.17, 15) is 4.79 Å². The van der Waals surface area contributed by atoms with Gasteiger partial charge in [0.25, 0.3) is 0 Å². The molecule has 0 aliphatic rings. The lowest BCUT2D eigenvalue weighted by Crippen LogP contribution is -2.05. The number of hydrogen-bond donors (Lipinski definition) is 0. The topological polar surface area (TPSA) is 54.0 Å². The lowest BCUT2D eigenvalue weighted by Gasteiger charge is -2.10. The average Bonchev–Trinajstić information content (AvgIpc) is 2.45. The Morgan fingerprint density at radius 2 is 1.95 bits per heavy atom. The van der Waals surface area contributed by atoms with Crippen LogP contribution in [0.25, 0.3) is 6.08 Å². The van der Waals surface area contributed by atoms with E-state index in [0.717, 1.165) is 5.56 Å². The Hall–Kier alpha value is -2.01. The zero-order valence-electron chi connectivity index (χ0n) is 11.3. The van der Waals surface area contributed by atoms with Gasteiger partial charge in [0.15, 0.2) is 11.5 Å². The molecule has 5 heteroatoms. The Kier molecular flexibility index (Phi) is 6.46. The summed E-state index contributed by atoms with van der Waals surface area (Å²) in [6, 6.07) is 5.39. The van der Waals surface area contributed by atoms with Crippen LogP contribution in [0.5, 0.6) is 11.5 Å². The van der Waals surface area contributed by atoms with Crippen LogP contribution >= 0.6 is 0 Å². The van der Waals surface area contributed by atoms with E-state index in [-0.39, 0.29) is 0 Å². The third-order valence-electron chi connectivity index (χ3n) is 2.35. The summed E-state index contributed by atoms with van der Waals surface area (Å²) in [5.74, 6) is 0.831. The monoisotopic (exact) mass is 266 g/mol. The fourth-order valence-electron chi connectivity index (χ4n) is 1.37. The first-order valence-electron chi connectivity index (χ1n) is 5.77. The molecule has 0 amide bonds. The van der Waals surface area contributed by atoms with E-state index in [4.69, 9.17) is 14.2 Å². The maximum atomic E-state index is 11.0. The van der Waals surface area contributed by atoms with Crippen LogP contribution in [0.2, 0.25) is 0 Å². The number of benzene rings is 1. The summed E-state index contributed by atoms with van der Waals surface area (Å²) in [6.45, 7) is 0.956. The number of ether oxygens (including phenoxy) is 4. The first-order chi connectivity index (χ1) is 9.21. The summed E-state index contributed by atoms with van der Waals surface area (Å²) in [5.41, 5.74) is 0.821. The predicted molar refractivity (Wildman–Crippen MR) is 71.4 cm³/mol. The van der Waals surface area contributed by atoms with E-state index >= 15 is 0 Å². The van der Waals surface area contributed by atoms with Crippen molar-refractivity contribution in [3.63, 3.8) is 0 Å². The van der Waals surface area contributed by atoms with E-state index < -0.39 is 5.97 Å². The molecule has 0 spiro atoms. The zero-order chi connectivity index (χ0) is 14.1. The van der Waals surface area contributed by atoms with Gasteiger partial charge >= 0.3 is 5.97 Å². The van der Waals surface area contributed by atoms with E-state index in [2.05, 4.69) is 4.74 Å². The minimum absolute atomic E-state index is 0.403. The lowest BCUT2D eigenvalue weighted by atomic mass is 10.2. The van der Waals surface area contributed by atoms with Gasteiger partial charge in [0.05, 0.1) is 20.8 Å². The maximum absolute atomic E-state index is 11.0. The fraction of sp³-hybridized carbons (Fsp3) is 0.357. The zero-order valence-corrected chi connectivity index (χ0v) is 11.3. The van der Waals surface area contributed by atoms with Crippen molar-refractivity contribution in [3.05, 3.63) is 29.8 Å². The van der Waals surface area contributed by atoms with Gasteiger partial charge in [0.2, 0.25) is 0 Å². The summed E-state index contributed by atoms with van der Waals surface area (Å²) in [5, 5.41) is 0. The van der Waals surface area contributed by atoms with E-state index in [1.165, 1.54) is 13.2 Å². The van der Waals surface area contributed by atoms with Crippen molar-refractivity contribution < 1.29 is 23.7 Å². The van der Waals surface area contributed by atoms with E-state index in [1.807, 2.05) is 6.07 Å². The first kappa shape index (κ1) is 15.0. The molecular formula is C14H18O5. The van der Waals surface area contributed by atoms with Crippen LogP contribution in [0.1, 0.15) is 5.56 Å². The molecule has 1 rings (SSSR count). The molecule has 0 atom stereocenters. The van der Waals surface area contributed by atoms with Crippen LogP contribution in [-0.4, -0.2) is 40.5 Å². The van der Waals surface area contributed by atoms with Crippen LogP contribution in [-0.2, 0) is 14.3 Å². The number of hydrogen-bond acceptors (Lipinski definition) is 5. The van der Waals surface area contributed by atoms with Crippen LogP contribution in [0.3, 0.4) is 0 Å². The Balaban J connectivity index is 2.77. The second-order valence-corrected chi connectivity index (χ2v) is 3.61. The number of rotatable bonds is 7. The molecule has 0 saturated carbocycles. The normalized spacial score (nSPS) is 10.5. The molecule has 0 fully saturated rings. The van der Waals surface area contributed by atoms with E-state index in [1.54, 1.807) is 32.4 Å². The molecule has 1 aromatic rings. The van der Waals surface area contributed by atoms with Gasteiger partial charge in [-0.3, -0.25) is 0 Å². The van der Waals surface area contributed by atoms with Gasteiger partial charge in [-0.25, -0.2) is 4.79 Å². The highest BCUT2D eigenvalue weighted by Crippen LogP contribution is 2.28. The average molecular weight is 266 g/mol. The van der Waals surface area contributed by atoms with Gasteiger partial charge in [0, 0.05) is 13.2 Å². The Morgan fingerprint density at radius 3 is 2.58 bits per heavy atom. The number of esters is 1. The lowest BCUT2D eigenvalue weighted by molar-refractivity contribution is -0.134. The molecule has 0 radical (unpaired) electrons. The second kappa shape index (κ2) is 8.16. The molecule has 1 aromatic carbocycles. The third-order valence-corrected chi connectivity index (χ3v) is 2.35. The summed E-state index contributed by atoms with van der Waals surface area (Å²) >= 11 is 0. The quantitative estimate of drug-likeness (QED) is 0.428. The summed E-state index contributed by atoms with van der Waals surface area (Å²) in [4.78, 5) is 11.0. The molecule has 0 bridgehead atoms. The van der Waals surface area contributed by atoms with Gasteiger partial charge in [0.1, 0.15) is 6.61 Å². The largest absolute Gasteiger partial charge is 0.493 e. The standard InChI is InChI=1S/C14H18O5/c1-16-8-9-19-12-6-4-11(10-13(12)17-2)5-7-14(15)18-3/h4-7,10H,8-9H2,1-3H3. The van der Waals surface area contributed by atoms with Crippen molar-refractivity contribution in [1.29, 1.82) is 0 Å². The Bertz CT molecular complexity index is 439. The van der Waals surface area contributed by atoms with Crippen LogP contribution in [0, 0.1) is 0 Å². The molecule has 0 heterocycles.